The van der Waals surface area contributed by atoms with Crippen molar-refractivity contribution in [2.45, 2.75) is 6.18 Å². The van der Waals surface area contributed by atoms with Crippen LogP contribution in [0.15, 0.2) is 17.4 Å². The lowest BCUT2D eigenvalue weighted by Crippen LogP contribution is -2.19. The van der Waals surface area contributed by atoms with Crippen molar-refractivity contribution in [2.24, 2.45) is 5.16 Å². The molecule has 0 amide bonds. The molecule has 4 nitrogen and oxygen atoms in total. The second kappa shape index (κ2) is 6.95. The summed E-state index contributed by atoms with van der Waals surface area (Å²) in [7, 11) is 1.36. The minimum absolute atomic E-state index is 0.0718. The average Bonchev–Trinajstić information content (AvgIpc) is 2.33. The van der Waals surface area contributed by atoms with Gasteiger partial charge in [0.15, 0.2) is 6.61 Å². The number of nitrogens with zero attached hydrogens (tertiary/aromatic N) is 2. The molecular weight excluding hydrogens is 352 g/mol. The van der Waals surface area contributed by atoms with Crippen LogP contribution in [0.25, 0.3) is 0 Å². The van der Waals surface area contributed by atoms with Crippen molar-refractivity contribution in [3.63, 3.8) is 0 Å². The fourth-order valence-electron chi connectivity index (χ4n) is 1.12. The summed E-state index contributed by atoms with van der Waals surface area (Å²) in [6, 6.07) is 1.24. The van der Waals surface area contributed by atoms with Crippen LogP contribution < -0.4 is 4.74 Å². The van der Waals surface area contributed by atoms with E-state index < -0.39 is 12.8 Å². The number of oxime groups is 1. The molecule has 106 valence electrons. The maximum atomic E-state index is 12.0. The van der Waals surface area contributed by atoms with Crippen LogP contribution in [0.1, 0.15) is 5.69 Å². The van der Waals surface area contributed by atoms with Gasteiger partial charge in [-0.2, -0.15) is 13.2 Å². The van der Waals surface area contributed by atoms with Gasteiger partial charge in [-0.25, -0.2) is 4.98 Å². The summed E-state index contributed by atoms with van der Waals surface area (Å²) in [4.78, 5) is 8.51. The Morgan fingerprint density at radius 2 is 2.21 bits per heavy atom. The van der Waals surface area contributed by atoms with Gasteiger partial charge in [0.25, 0.3) is 0 Å². The van der Waals surface area contributed by atoms with Crippen molar-refractivity contribution in [3.05, 3.63) is 23.0 Å². The van der Waals surface area contributed by atoms with Gasteiger partial charge >= 0.3 is 6.18 Å². The van der Waals surface area contributed by atoms with E-state index in [9.17, 15) is 13.2 Å². The van der Waals surface area contributed by atoms with Gasteiger partial charge in [0.1, 0.15) is 24.3 Å². The van der Waals surface area contributed by atoms with Crippen LogP contribution in [0, 0.1) is 0 Å². The van der Waals surface area contributed by atoms with Gasteiger partial charge in [-0.15, -0.1) is 0 Å². The van der Waals surface area contributed by atoms with Gasteiger partial charge in [-0.3, -0.25) is 0 Å². The predicted molar refractivity (Wildman–Crippen MR) is 68.1 cm³/mol. The van der Waals surface area contributed by atoms with Crippen molar-refractivity contribution in [1.29, 1.82) is 0 Å². The molecule has 0 saturated carbocycles. The standard InChI is InChI=1S/C10H9BrClF3N2O2/c1-18-17-8(3-11)9-7(12)2-6(4-16-9)19-5-10(13,14)15/h2,4H,3,5H2,1H3/b17-8+. The van der Waals surface area contributed by atoms with Crippen molar-refractivity contribution in [1.82, 2.24) is 4.98 Å². The first-order valence-electron chi connectivity index (χ1n) is 4.89. The van der Waals surface area contributed by atoms with Crippen LogP contribution in [0.5, 0.6) is 5.75 Å². The molecule has 0 aliphatic heterocycles. The number of rotatable bonds is 5. The van der Waals surface area contributed by atoms with E-state index in [2.05, 4.69) is 35.6 Å². The Morgan fingerprint density at radius 3 is 2.68 bits per heavy atom. The topological polar surface area (TPSA) is 43.7 Å². The summed E-state index contributed by atoms with van der Waals surface area (Å²) in [5, 5.41) is 4.14. The second-order valence-electron chi connectivity index (χ2n) is 3.26. The van der Waals surface area contributed by atoms with Crippen LogP contribution in [0.3, 0.4) is 0 Å². The molecule has 0 fully saturated rings. The van der Waals surface area contributed by atoms with Gasteiger partial charge < -0.3 is 9.57 Å². The summed E-state index contributed by atoms with van der Waals surface area (Å²) >= 11 is 9.08. The molecule has 0 aliphatic carbocycles. The van der Waals surface area contributed by atoms with E-state index in [1.807, 2.05) is 0 Å². The van der Waals surface area contributed by atoms with Gasteiger partial charge in [0.05, 0.1) is 16.5 Å². The Morgan fingerprint density at radius 1 is 1.53 bits per heavy atom. The number of hydrogen-bond acceptors (Lipinski definition) is 4. The zero-order valence-corrected chi connectivity index (χ0v) is 12.0. The lowest BCUT2D eigenvalue weighted by molar-refractivity contribution is -0.153. The van der Waals surface area contributed by atoms with Crippen LogP contribution >= 0.6 is 27.5 Å². The Bertz CT molecular complexity index is 469. The summed E-state index contributed by atoms with van der Waals surface area (Å²) in [6.45, 7) is -1.40. The van der Waals surface area contributed by atoms with Gasteiger partial charge in [-0.05, 0) is 0 Å². The molecule has 19 heavy (non-hydrogen) atoms. The normalized spacial score (nSPS) is 12.4. The molecule has 0 atom stereocenters. The van der Waals surface area contributed by atoms with Crippen molar-refractivity contribution < 1.29 is 22.7 Å². The molecule has 0 N–H and O–H groups in total. The molecule has 1 rings (SSSR count). The van der Waals surface area contributed by atoms with Crippen molar-refractivity contribution >= 4 is 33.2 Å². The molecule has 0 spiro atoms. The Balaban J connectivity index is 2.88. The maximum absolute atomic E-state index is 12.0. The number of aromatic nitrogens is 1. The van der Waals surface area contributed by atoms with E-state index in [0.717, 1.165) is 6.20 Å². The molecule has 1 heterocycles. The summed E-state index contributed by atoms with van der Waals surface area (Å²) in [5.41, 5.74) is 0.717. The van der Waals surface area contributed by atoms with Crippen molar-refractivity contribution in [2.75, 3.05) is 19.0 Å². The average molecular weight is 362 g/mol. The number of ether oxygens (including phenoxy) is 1. The third-order valence-corrected chi connectivity index (χ3v) is 2.64. The van der Waals surface area contributed by atoms with E-state index in [4.69, 9.17) is 11.6 Å². The summed E-state index contributed by atoms with van der Waals surface area (Å²) in [5.74, 6) is -0.0718. The largest absolute Gasteiger partial charge is 0.482 e. The first-order valence-corrected chi connectivity index (χ1v) is 6.38. The second-order valence-corrected chi connectivity index (χ2v) is 4.23. The highest BCUT2D eigenvalue weighted by atomic mass is 79.9. The highest BCUT2D eigenvalue weighted by molar-refractivity contribution is 9.09. The monoisotopic (exact) mass is 360 g/mol. The summed E-state index contributed by atoms with van der Waals surface area (Å²) in [6.07, 6.45) is -3.27. The number of pyridine rings is 1. The fraction of sp³-hybridized carbons (Fsp3) is 0.400. The predicted octanol–water partition coefficient (Wildman–Crippen LogP) is 3.42. The summed E-state index contributed by atoms with van der Waals surface area (Å²) < 4.78 is 40.5. The lowest BCUT2D eigenvalue weighted by atomic mass is 10.2. The minimum Gasteiger partial charge on any atom is -0.482 e. The quantitative estimate of drug-likeness (QED) is 0.458. The zero-order chi connectivity index (χ0) is 14.5. The first-order chi connectivity index (χ1) is 8.87. The molecule has 9 heteroatoms. The van der Waals surface area contributed by atoms with Crippen LogP contribution in [-0.2, 0) is 4.84 Å². The van der Waals surface area contributed by atoms with Gasteiger partial charge in [-0.1, -0.05) is 32.7 Å². The fourth-order valence-corrected chi connectivity index (χ4v) is 1.75. The molecule has 0 aromatic carbocycles. The van der Waals surface area contributed by atoms with Crippen LogP contribution in [-0.4, -0.2) is 35.9 Å². The van der Waals surface area contributed by atoms with Gasteiger partial charge in [0, 0.05) is 6.07 Å². The molecular formula is C10H9BrClF3N2O2. The van der Waals surface area contributed by atoms with Crippen LogP contribution in [0.4, 0.5) is 13.2 Å². The van der Waals surface area contributed by atoms with E-state index in [0.29, 0.717) is 16.7 Å². The molecule has 0 saturated heterocycles. The maximum Gasteiger partial charge on any atom is 0.422 e. The third-order valence-electron chi connectivity index (χ3n) is 1.82. The van der Waals surface area contributed by atoms with Crippen LogP contribution in [0.2, 0.25) is 5.02 Å². The highest BCUT2D eigenvalue weighted by Gasteiger charge is 2.28. The Kier molecular flexibility index (Phi) is 5.86. The Labute approximate surface area is 120 Å². The lowest BCUT2D eigenvalue weighted by Gasteiger charge is -2.10. The van der Waals surface area contributed by atoms with E-state index >= 15 is 0 Å². The molecule has 0 bridgehead atoms. The van der Waals surface area contributed by atoms with E-state index in [1.165, 1.54) is 13.2 Å². The number of alkyl halides is 4. The van der Waals surface area contributed by atoms with Gasteiger partial charge in [0.2, 0.25) is 0 Å². The SMILES string of the molecule is CO/N=C(\CBr)c1ncc(OCC(F)(F)F)cc1Cl. The zero-order valence-electron chi connectivity index (χ0n) is 9.67. The molecule has 1 aromatic heterocycles. The third kappa shape index (κ3) is 5.23. The molecule has 0 radical (unpaired) electrons. The minimum atomic E-state index is -4.41. The first kappa shape index (κ1) is 16.0. The molecule has 0 aliphatic rings. The highest BCUT2D eigenvalue weighted by Crippen LogP contribution is 2.23. The van der Waals surface area contributed by atoms with Crippen molar-refractivity contribution in [3.8, 4) is 5.75 Å². The molecule has 0 unspecified atom stereocenters. The molecule has 1 aromatic rings. The Hall–Kier alpha value is -1.02. The number of hydrogen-bond donors (Lipinski definition) is 0. The van der Waals surface area contributed by atoms with E-state index in [-0.39, 0.29) is 10.8 Å². The van der Waals surface area contributed by atoms with E-state index in [1.54, 1.807) is 0 Å². The smallest absolute Gasteiger partial charge is 0.422 e. The number of halogens is 5.